The Balaban J connectivity index is 2.29. The lowest BCUT2D eigenvalue weighted by Gasteiger charge is -2.20. The van der Waals surface area contributed by atoms with Gasteiger partial charge in [0, 0.05) is 23.7 Å². The van der Waals surface area contributed by atoms with Crippen molar-refractivity contribution < 1.29 is 9.67 Å². The number of hydrogen-bond acceptors (Lipinski definition) is 2. The maximum absolute atomic E-state index is 12.8. The van der Waals surface area contributed by atoms with Gasteiger partial charge in [-0.3, -0.25) is 0 Å². The number of benzene rings is 1. The van der Waals surface area contributed by atoms with Gasteiger partial charge in [0.05, 0.1) is 0 Å². The Labute approximate surface area is 90.7 Å². The monoisotopic (exact) mass is 224 g/mol. The van der Waals surface area contributed by atoms with Crippen molar-refractivity contribution in [3.63, 3.8) is 0 Å². The molecule has 82 valence electrons. The zero-order valence-electron chi connectivity index (χ0n) is 8.80. The lowest BCUT2D eigenvalue weighted by Crippen LogP contribution is -2.15. The van der Waals surface area contributed by atoms with Crippen molar-refractivity contribution in [2.75, 3.05) is 12.8 Å². The quantitative estimate of drug-likeness (QED) is 0.799. The second kappa shape index (κ2) is 4.51. The van der Waals surface area contributed by atoms with E-state index >= 15 is 0 Å². The van der Waals surface area contributed by atoms with E-state index in [2.05, 4.69) is 0 Å². The van der Waals surface area contributed by atoms with Gasteiger partial charge in [0.25, 0.3) is 0 Å². The van der Waals surface area contributed by atoms with Crippen LogP contribution in [0, 0.1) is 0 Å². The Morgan fingerprint density at radius 3 is 2.73 bits per heavy atom. The molecular weight excluding hydrogens is 207 g/mol. The first-order chi connectivity index (χ1) is 7.27. The zero-order valence-corrected chi connectivity index (χ0v) is 9.70. The van der Waals surface area contributed by atoms with E-state index in [1.54, 1.807) is 0 Å². The van der Waals surface area contributed by atoms with E-state index in [0.29, 0.717) is 6.42 Å². The van der Waals surface area contributed by atoms with Crippen molar-refractivity contribution >= 4 is 12.4 Å². The Hall–Kier alpha value is -0.590. The summed E-state index contributed by atoms with van der Waals surface area (Å²) in [6.45, 7) is 0.154. The number of hydrogen-bond donors (Lipinski definition) is 1. The van der Waals surface area contributed by atoms with Crippen LogP contribution in [0.5, 0.6) is 0 Å². The summed E-state index contributed by atoms with van der Waals surface area (Å²) >= 11 is 0. The SMILES string of the molecule is O=[P@]1(c2ccccc2)CCCC1CCO. The van der Waals surface area contributed by atoms with E-state index in [0.717, 1.165) is 24.3 Å². The molecule has 0 aromatic heterocycles. The van der Waals surface area contributed by atoms with Crippen LogP contribution in [0.25, 0.3) is 0 Å². The second-order valence-corrected chi connectivity index (χ2v) is 7.45. The molecule has 1 saturated heterocycles. The molecule has 2 nitrogen and oxygen atoms in total. The molecule has 1 aliphatic rings. The molecule has 1 heterocycles. The van der Waals surface area contributed by atoms with Gasteiger partial charge in [-0.1, -0.05) is 30.3 Å². The number of aliphatic hydroxyl groups is 1. The standard InChI is InChI=1S/C12H17O2P/c13-9-8-12-7-4-10-15(12,14)11-5-2-1-3-6-11/h1-3,5-6,12-13H,4,7-10H2/t12?,15-/m0/s1. The van der Waals surface area contributed by atoms with E-state index in [9.17, 15) is 4.57 Å². The van der Waals surface area contributed by atoms with Crippen molar-refractivity contribution in [2.45, 2.75) is 24.9 Å². The summed E-state index contributed by atoms with van der Waals surface area (Å²) in [5, 5.41) is 9.99. The highest BCUT2D eigenvalue weighted by Crippen LogP contribution is 2.57. The van der Waals surface area contributed by atoms with Gasteiger partial charge in [0.15, 0.2) is 0 Å². The number of aliphatic hydroxyl groups excluding tert-OH is 1. The van der Waals surface area contributed by atoms with Crippen molar-refractivity contribution in [3.8, 4) is 0 Å². The van der Waals surface area contributed by atoms with E-state index in [4.69, 9.17) is 5.11 Å². The van der Waals surface area contributed by atoms with Crippen LogP contribution in [0.2, 0.25) is 0 Å². The minimum absolute atomic E-state index is 0.154. The van der Waals surface area contributed by atoms with E-state index in [1.165, 1.54) is 0 Å². The average Bonchev–Trinajstić information content (AvgIpc) is 2.64. The Morgan fingerprint density at radius 2 is 2.07 bits per heavy atom. The predicted molar refractivity (Wildman–Crippen MR) is 63.3 cm³/mol. The van der Waals surface area contributed by atoms with Gasteiger partial charge in [-0.2, -0.15) is 0 Å². The number of rotatable bonds is 3. The molecule has 0 bridgehead atoms. The second-order valence-electron chi connectivity index (χ2n) is 4.16. The van der Waals surface area contributed by atoms with E-state index in [1.807, 2.05) is 30.3 Å². The minimum atomic E-state index is -2.21. The lowest BCUT2D eigenvalue weighted by molar-refractivity contribution is 0.285. The van der Waals surface area contributed by atoms with Crippen LogP contribution >= 0.6 is 7.14 Å². The fourth-order valence-corrected chi connectivity index (χ4v) is 5.98. The van der Waals surface area contributed by atoms with Gasteiger partial charge >= 0.3 is 0 Å². The Kier molecular flexibility index (Phi) is 3.28. The topological polar surface area (TPSA) is 37.3 Å². The van der Waals surface area contributed by atoms with Crippen molar-refractivity contribution in [2.24, 2.45) is 0 Å². The van der Waals surface area contributed by atoms with Crippen LogP contribution in [-0.4, -0.2) is 23.5 Å². The first-order valence-corrected chi connectivity index (χ1v) is 7.49. The first-order valence-electron chi connectivity index (χ1n) is 5.52. The Bertz CT molecular complexity index is 361. The molecule has 1 aromatic rings. The van der Waals surface area contributed by atoms with Gasteiger partial charge in [0.1, 0.15) is 7.14 Å². The van der Waals surface area contributed by atoms with Crippen LogP contribution in [-0.2, 0) is 4.57 Å². The third-order valence-corrected chi connectivity index (χ3v) is 7.12. The van der Waals surface area contributed by atoms with E-state index < -0.39 is 7.14 Å². The first kappa shape index (κ1) is 10.9. The van der Waals surface area contributed by atoms with Gasteiger partial charge < -0.3 is 9.67 Å². The summed E-state index contributed by atoms with van der Waals surface area (Å²) in [6, 6.07) is 9.78. The van der Waals surface area contributed by atoms with Gasteiger partial charge in [-0.25, -0.2) is 0 Å². The summed E-state index contributed by atoms with van der Waals surface area (Å²) in [5.41, 5.74) is 0.213. The minimum Gasteiger partial charge on any atom is -0.396 e. The molecule has 0 aliphatic carbocycles. The summed E-state index contributed by atoms with van der Waals surface area (Å²) in [4.78, 5) is 0. The van der Waals surface area contributed by atoms with Gasteiger partial charge in [-0.15, -0.1) is 0 Å². The molecule has 0 radical (unpaired) electrons. The highest BCUT2D eigenvalue weighted by molar-refractivity contribution is 7.72. The van der Waals surface area contributed by atoms with Crippen LogP contribution in [0.1, 0.15) is 19.3 Å². The molecule has 1 N–H and O–H groups in total. The third-order valence-electron chi connectivity index (χ3n) is 3.27. The molecule has 3 heteroatoms. The fraction of sp³-hybridized carbons (Fsp3) is 0.500. The van der Waals surface area contributed by atoms with Crippen LogP contribution in [0.3, 0.4) is 0 Å². The van der Waals surface area contributed by atoms with Crippen LogP contribution in [0.4, 0.5) is 0 Å². The summed E-state index contributed by atoms with van der Waals surface area (Å²) in [5.74, 6) is 0. The molecule has 0 amide bonds. The maximum atomic E-state index is 12.8. The maximum Gasteiger partial charge on any atom is 0.118 e. The molecule has 0 spiro atoms. The molecular formula is C12H17O2P. The van der Waals surface area contributed by atoms with Crippen molar-refractivity contribution in [1.29, 1.82) is 0 Å². The molecule has 1 fully saturated rings. The van der Waals surface area contributed by atoms with Crippen LogP contribution in [0.15, 0.2) is 30.3 Å². The molecule has 2 atom stereocenters. The summed E-state index contributed by atoms with van der Waals surface area (Å²) in [7, 11) is -2.21. The van der Waals surface area contributed by atoms with Gasteiger partial charge in [0.2, 0.25) is 0 Å². The fourth-order valence-electron chi connectivity index (χ4n) is 2.48. The third kappa shape index (κ3) is 2.02. The molecule has 1 aliphatic heterocycles. The molecule has 2 rings (SSSR count). The lowest BCUT2D eigenvalue weighted by atomic mass is 10.2. The largest absolute Gasteiger partial charge is 0.396 e. The molecule has 1 unspecified atom stereocenters. The van der Waals surface area contributed by atoms with Crippen molar-refractivity contribution in [1.82, 2.24) is 0 Å². The normalized spacial score (nSPS) is 30.6. The Morgan fingerprint density at radius 1 is 1.33 bits per heavy atom. The molecule has 1 aromatic carbocycles. The highest BCUT2D eigenvalue weighted by Gasteiger charge is 2.38. The van der Waals surface area contributed by atoms with E-state index in [-0.39, 0.29) is 12.3 Å². The highest BCUT2D eigenvalue weighted by atomic mass is 31.2. The summed E-state index contributed by atoms with van der Waals surface area (Å²) < 4.78 is 12.8. The summed E-state index contributed by atoms with van der Waals surface area (Å²) in [6.07, 6.45) is 3.55. The van der Waals surface area contributed by atoms with Crippen molar-refractivity contribution in [3.05, 3.63) is 30.3 Å². The van der Waals surface area contributed by atoms with Crippen LogP contribution < -0.4 is 5.30 Å². The zero-order chi connectivity index (χ0) is 10.7. The molecule has 0 saturated carbocycles. The average molecular weight is 224 g/mol. The van der Waals surface area contributed by atoms with Gasteiger partial charge in [-0.05, 0) is 19.3 Å². The molecule has 15 heavy (non-hydrogen) atoms. The predicted octanol–water partition coefficient (Wildman–Crippen LogP) is 2.22. The smallest absolute Gasteiger partial charge is 0.118 e.